The molecule has 0 aromatic rings. The molecule has 0 N–H and O–H groups in total. The van der Waals surface area contributed by atoms with Gasteiger partial charge in [-0.25, -0.2) is 0 Å². The largest absolute Gasteiger partial charge is 0.464 e. The van der Waals surface area contributed by atoms with Crippen molar-refractivity contribution in [2.75, 3.05) is 46.9 Å². The lowest BCUT2D eigenvalue weighted by atomic mass is 10.1. The summed E-state index contributed by atoms with van der Waals surface area (Å²) < 4.78 is 10.7. The van der Waals surface area contributed by atoms with Gasteiger partial charge in [0.1, 0.15) is 6.04 Å². The Hall–Kier alpha value is -0.650. The van der Waals surface area contributed by atoms with E-state index in [9.17, 15) is 4.79 Å². The fraction of sp³-hybridized carbons (Fsp3) is 0.909. The fourth-order valence-corrected chi connectivity index (χ4v) is 2.36. The molecule has 2 aliphatic rings. The van der Waals surface area contributed by atoms with Gasteiger partial charge in [-0.05, 0) is 14.1 Å². The van der Waals surface area contributed by atoms with Crippen molar-refractivity contribution in [3.05, 3.63) is 0 Å². The van der Waals surface area contributed by atoms with E-state index in [1.165, 1.54) is 0 Å². The number of cyclic esters (lactones) is 1. The van der Waals surface area contributed by atoms with Crippen molar-refractivity contribution in [2.45, 2.75) is 18.6 Å². The number of rotatable bonds is 3. The van der Waals surface area contributed by atoms with E-state index in [0.29, 0.717) is 13.2 Å². The molecule has 2 rings (SSSR count). The minimum Gasteiger partial charge on any atom is -0.464 e. The Morgan fingerprint density at radius 2 is 2.25 bits per heavy atom. The topological polar surface area (TPSA) is 42.0 Å². The second-order valence-corrected chi connectivity index (χ2v) is 4.72. The molecule has 0 aromatic heterocycles. The van der Waals surface area contributed by atoms with Crippen LogP contribution >= 0.6 is 0 Å². The van der Waals surface area contributed by atoms with Crippen LogP contribution in [0.4, 0.5) is 0 Å². The molecular weight excluding hydrogens is 208 g/mol. The number of hydrogen-bond donors (Lipinski definition) is 0. The van der Waals surface area contributed by atoms with Crippen LogP contribution in [0.1, 0.15) is 6.42 Å². The highest BCUT2D eigenvalue weighted by molar-refractivity contribution is 5.77. The molecule has 16 heavy (non-hydrogen) atoms. The summed E-state index contributed by atoms with van der Waals surface area (Å²) in [5.74, 6) is -0.0643. The van der Waals surface area contributed by atoms with Crippen molar-refractivity contribution in [3.8, 4) is 0 Å². The molecule has 0 amide bonds. The SMILES string of the molecule is CN(C)C[C@@H]1CN([C@@H]2CCOC2=O)CCO1. The molecule has 5 nitrogen and oxygen atoms in total. The minimum absolute atomic E-state index is 0.0337. The van der Waals surface area contributed by atoms with E-state index in [-0.39, 0.29) is 18.1 Å². The molecule has 92 valence electrons. The first kappa shape index (κ1) is 11.8. The lowest BCUT2D eigenvalue weighted by Gasteiger charge is -2.36. The summed E-state index contributed by atoms with van der Waals surface area (Å²) in [4.78, 5) is 15.8. The summed E-state index contributed by atoms with van der Waals surface area (Å²) in [6.07, 6.45) is 1.03. The molecule has 2 aliphatic heterocycles. The zero-order valence-electron chi connectivity index (χ0n) is 10.0. The number of ether oxygens (including phenoxy) is 2. The quantitative estimate of drug-likeness (QED) is 0.613. The van der Waals surface area contributed by atoms with E-state index in [1.54, 1.807) is 0 Å². The molecule has 2 heterocycles. The van der Waals surface area contributed by atoms with E-state index in [1.807, 2.05) is 14.1 Å². The van der Waals surface area contributed by atoms with Crippen LogP contribution in [0.5, 0.6) is 0 Å². The highest BCUT2D eigenvalue weighted by Gasteiger charge is 2.35. The summed E-state index contributed by atoms with van der Waals surface area (Å²) >= 11 is 0. The summed E-state index contributed by atoms with van der Waals surface area (Å²) in [5, 5.41) is 0. The summed E-state index contributed by atoms with van der Waals surface area (Å²) in [6.45, 7) is 3.85. The van der Waals surface area contributed by atoms with Gasteiger partial charge in [0.05, 0.1) is 19.3 Å². The van der Waals surface area contributed by atoms with Crippen molar-refractivity contribution in [3.63, 3.8) is 0 Å². The van der Waals surface area contributed by atoms with E-state index in [2.05, 4.69) is 9.80 Å². The fourth-order valence-electron chi connectivity index (χ4n) is 2.36. The van der Waals surface area contributed by atoms with Crippen molar-refractivity contribution in [1.29, 1.82) is 0 Å². The Labute approximate surface area is 96.3 Å². The van der Waals surface area contributed by atoms with E-state index in [4.69, 9.17) is 9.47 Å². The Morgan fingerprint density at radius 1 is 1.44 bits per heavy atom. The normalized spacial score (nSPS) is 32.1. The average Bonchev–Trinajstić information content (AvgIpc) is 2.64. The van der Waals surface area contributed by atoms with Crippen LogP contribution in [0.3, 0.4) is 0 Å². The van der Waals surface area contributed by atoms with E-state index >= 15 is 0 Å². The smallest absolute Gasteiger partial charge is 0.323 e. The second-order valence-electron chi connectivity index (χ2n) is 4.72. The third-order valence-corrected chi connectivity index (χ3v) is 3.09. The average molecular weight is 228 g/mol. The summed E-state index contributed by atoms with van der Waals surface area (Å²) in [7, 11) is 4.07. The van der Waals surface area contributed by atoms with Crippen molar-refractivity contribution in [1.82, 2.24) is 9.80 Å². The van der Waals surface area contributed by atoms with Crippen LogP contribution in [0, 0.1) is 0 Å². The summed E-state index contributed by atoms with van der Waals surface area (Å²) in [6, 6.07) is -0.0337. The van der Waals surface area contributed by atoms with Gasteiger partial charge in [-0.3, -0.25) is 9.69 Å². The number of morpholine rings is 1. The Kier molecular flexibility index (Phi) is 3.78. The molecule has 0 bridgehead atoms. The van der Waals surface area contributed by atoms with E-state index < -0.39 is 0 Å². The van der Waals surface area contributed by atoms with Crippen LogP contribution in [0.2, 0.25) is 0 Å². The third-order valence-electron chi connectivity index (χ3n) is 3.09. The number of nitrogens with zero attached hydrogens (tertiary/aromatic N) is 2. The van der Waals surface area contributed by atoms with Crippen molar-refractivity contribution < 1.29 is 14.3 Å². The molecule has 0 unspecified atom stereocenters. The number of esters is 1. The number of carbonyl (C=O) groups excluding carboxylic acids is 1. The van der Waals surface area contributed by atoms with Gasteiger partial charge in [-0.2, -0.15) is 0 Å². The summed E-state index contributed by atoms with van der Waals surface area (Å²) in [5.41, 5.74) is 0. The second kappa shape index (κ2) is 5.12. The molecule has 2 atom stereocenters. The number of carbonyl (C=O) groups is 1. The maximum absolute atomic E-state index is 11.5. The Morgan fingerprint density at radius 3 is 2.88 bits per heavy atom. The zero-order chi connectivity index (χ0) is 11.5. The first-order valence-corrected chi connectivity index (χ1v) is 5.84. The minimum atomic E-state index is -0.0643. The lowest BCUT2D eigenvalue weighted by Crippen LogP contribution is -2.51. The molecule has 0 aliphatic carbocycles. The van der Waals surface area contributed by atoms with Crippen LogP contribution in [0.15, 0.2) is 0 Å². The monoisotopic (exact) mass is 228 g/mol. The van der Waals surface area contributed by atoms with Gasteiger partial charge in [0.25, 0.3) is 0 Å². The van der Waals surface area contributed by atoms with E-state index in [0.717, 1.165) is 26.1 Å². The van der Waals surface area contributed by atoms with Crippen molar-refractivity contribution in [2.24, 2.45) is 0 Å². The van der Waals surface area contributed by atoms with Crippen LogP contribution in [-0.4, -0.2) is 74.9 Å². The van der Waals surface area contributed by atoms with Crippen LogP contribution < -0.4 is 0 Å². The first-order valence-electron chi connectivity index (χ1n) is 5.84. The molecular formula is C11H20N2O3. The molecule has 0 radical (unpaired) electrons. The molecule has 0 saturated carbocycles. The highest BCUT2D eigenvalue weighted by Crippen LogP contribution is 2.17. The van der Waals surface area contributed by atoms with Crippen molar-refractivity contribution >= 4 is 5.97 Å². The molecule has 2 fully saturated rings. The van der Waals surface area contributed by atoms with Gasteiger partial charge in [-0.15, -0.1) is 0 Å². The third kappa shape index (κ3) is 2.72. The highest BCUT2D eigenvalue weighted by atomic mass is 16.5. The van der Waals surface area contributed by atoms with Gasteiger partial charge >= 0.3 is 5.97 Å². The predicted molar refractivity (Wildman–Crippen MR) is 59.2 cm³/mol. The van der Waals surface area contributed by atoms with Gasteiger partial charge in [0, 0.05) is 26.1 Å². The van der Waals surface area contributed by atoms with Gasteiger partial charge in [0.2, 0.25) is 0 Å². The molecule has 0 spiro atoms. The molecule has 2 saturated heterocycles. The Balaban J connectivity index is 1.88. The first-order chi connectivity index (χ1) is 7.66. The van der Waals surface area contributed by atoms with Crippen LogP contribution in [-0.2, 0) is 14.3 Å². The van der Waals surface area contributed by atoms with Gasteiger partial charge < -0.3 is 14.4 Å². The maximum atomic E-state index is 11.5. The molecule has 5 heteroatoms. The zero-order valence-corrected chi connectivity index (χ0v) is 10.0. The van der Waals surface area contributed by atoms with Gasteiger partial charge in [-0.1, -0.05) is 0 Å². The predicted octanol–water partition coefficient (Wildman–Crippen LogP) is -0.436. The van der Waals surface area contributed by atoms with Gasteiger partial charge in [0.15, 0.2) is 0 Å². The lowest BCUT2D eigenvalue weighted by molar-refractivity contribution is -0.144. The number of hydrogen-bond acceptors (Lipinski definition) is 5. The molecule has 0 aromatic carbocycles. The number of likely N-dealkylation sites (N-methyl/N-ethyl adjacent to an activating group) is 1. The Bertz CT molecular complexity index is 258. The van der Waals surface area contributed by atoms with Crippen LogP contribution in [0.25, 0.3) is 0 Å². The standard InChI is InChI=1S/C11H20N2O3/c1-12(2)7-9-8-13(4-6-15-9)10-3-5-16-11(10)14/h9-10H,3-8H2,1-2H3/t9-,10-/m1/s1. The maximum Gasteiger partial charge on any atom is 0.323 e.